The third-order valence-corrected chi connectivity index (χ3v) is 3.40. The highest BCUT2D eigenvalue weighted by molar-refractivity contribution is 5.85. The van der Waals surface area contributed by atoms with E-state index in [2.05, 4.69) is 17.1 Å². The van der Waals surface area contributed by atoms with E-state index >= 15 is 0 Å². The molecule has 0 spiro atoms. The first kappa shape index (κ1) is 11.8. The van der Waals surface area contributed by atoms with E-state index in [1.54, 1.807) is 0 Å². The summed E-state index contributed by atoms with van der Waals surface area (Å²) >= 11 is 0. The third-order valence-electron chi connectivity index (χ3n) is 3.40. The lowest BCUT2D eigenvalue weighted by Gasteiger charge is -2.16. The Morgan fingerprint density at radius 3 is 2.37 bits per heavy atom. The normalized spacial score (nSPS) is 14.8. The van der Waals surface area contributed by atoms with Crippen LogP contribution in [0.4, 0.5) is 6.01 Å². The Balaban J connectivity index is 1.79. The summed E-state index contributed by atoms with van der Waals surface area (Å²) in [5.74, 6) is -1.06. The molecule has 0 bridgehead atoms. The van der Waals surface area contributed by atoms with Crippen molar-refractivity contribution in [2.45, 2.75) is 12.8 Å². The maximum absolute atomic E-state index is 10.8. The maximum atomic E-state index is 10.8. The zero-order chi connectivity index (χ0) is 13.2. The van der Waals surface area contributed by atoms with Gasteiger partial charge in [-0.25, -0.2) is 4.79 Å². The molecule has 1 aliphatic heterocycles. The maximum Gasteiger partial charge on any atom is 0.357 e. The van der Waals surface area contributed by atoms with E-state index in [0.29, 0.717) is 6.01 Å². The average Bonchev–Trinajstić information content (AvgIpc) is 2.80. The van der Waals surface area contributed by atoms with Crippen LogP contribution >= 0.6 is 0 Å². The van der Waals surface area contributed by atoms with Gasteiger partial charge in [0.1, 0.15) is 6.26 Å². The number of carboxylic acids is 1. The molecule has 1 N–H and O–H groups in total. The van der Waals surface area contributed by atoms with Crippen LogP contribution < -0.4 is 4.90 Å². The summed E-state index contributed by atoms with van der Waals surface area (Å²) in [4.78, 5) is 16.8. The van der Waals surface area contributed by atoms with Gasteiger partial charge in [0.05, 0.1) is 0 Å². The fourth-order valence-corrected chi connectivity index (χ4v) is 2.37. The van der Waals surface area contributed by atoms with Gasteiger partial charge in [0, 0.05) is 13.1 Å². The number of hydrogen-bond donors (Lipinski definition) is 1. The van der Waals surface area contributed by atoms with Gasteiger partial charge in [-0.2, -0.15) is 4.98 Å². The quantitative estimate of drug-likeness (QED) is 0.892. The van der Waals surface area contributed by atoms with Crippen LogP contribution in [0.3, 0.4) is 0 Å². The minimum atomic E-state index is -1.06. The number of aromatic nitrogens is 1. The Morgan fingerprint density at radius 2 is 1.84 bits per heavy atom. The highest BCUT2D eigenvalue weighted by atomic mass is 16.4. The predicted molar refractivity (Wildman–Crippen MR) is 69.5 cm³/mol. The van der Waals surface area contributed by atoms with Crippen LogP contribution in [0, 0.1) is 0 Å². The van der Waals surface area contributed by atoms with E-state index in [-0.39, 0.29) is 5.69 Å². The summed E-state index contributed by atoms with van der Waals surface area (Å²) in [5.41, 5.74) is 2.64. The van der Waals surface area contributed by atoms with Crippen molar-refractivity contribution in [3.8, 4) is 0 Å². The second-order valence-electron chi connectivity index (χ2n) is 4.58. The van der Waals surface area contributed by atoms with Gasteiger partial charge in [-0.15, -0.1) is 0 Å². The lowest BCUT2D eigenvalue weighted by molar-refractivity contribution is 0.0690. The van der Waals surface area contributed by atoms with E-state index in [9.17, 15) is 4.79 Å². The first-order chi connectivity index (χ1) is 9.24. The second kappa shape index (κ2) is 4.76. The van der Waals surface area contributed by atoms with Crippen LogP contribution in [0.25, 0.3) is 0 Å². The smallest absolute Gasteiger partial charge is 0.357 e. The van der Waals surface area contributed by atoms with Gasteiger partial charge in [-0.1, -0.05) is 24.3 Å². The van der Waals surface area contributed by atoms with E-state index in [1.165, 1.54) is 17.4 Å². The Bertz CT molecular complexity index is 579. The van der Waals surface area contributed by atoms with Crippen molar-refractivity contribution in [2.75, 3.05) is 18.0 Å². The highest BCUT2D eigenvalue weighted by Gasteiger charge is 2.19. The number of fused-ring (bicyclic) bond motifs is 1. The number of hydrogen-bond acceptors (Lipinski definition) is 4. The number of carboxylic acid groups (broad SMARTS) is 1. The van der Waals surface area contributed by atoms with Crippen molar-refractivity contribution in [1.82, 2.24) is 4.98 Å². The molecule has 0 aliphatic carbocycles. The Labute approximate surface area is 110 Å². The molecule has 3 rings (SSSR count). The van der Waals surface area contributed by atoms with E-state index in [0.717, 1.165) is 25.9 Å². The minimum absolute atomic E-state index is 0.0447. The Morgan fingerprint density at radius 1 is 1.21 bits per heavy atom. The minimum Gasteiger partial charge on any atom is -0.476 e. The molecule has 0 atom stereocenters. The topological polar surface area (TPSA) is 66.6 Å². The first-order valence-electron chi connectivity index (χ1n) is 6.24. The Hall–Kier alpha value is -2.30. The summed E-state index contributed by atoms with van der Waals surface area (Å²) in [6.07, 6.45) is 3.03. The molecular weight excluding hydrogens is 244 g/mol. The fourth-order valence-electron chi connectivity index (χ4n) is 2.37. The van der Waals surface area contributed by atoms with Crippen molar-refractivity contribution in [3.63, 3.8) is 0 Å². The number of benzene rings is 1. The lowest BCUT2D eigenvalue weighted by atomic mass is 10.0. The van der Waals surface area contributed by atoms with Crippen LogP contribution in [-0.4, -0.2) is 29.1 Å². The summed E-state index contributed by atoms with van der Waals surface area (Å²) in [6, 6.07) is 8.75. The molecule has 1 aromatic carbocycles. The fraction of sp³-hybridized carbons (Fsp3) is 0.286. The van der Waals surface area contributed by atoms with Gasteiger partial charge in [-0.3, -0.25) is 0 Å². The van der Waals surface area contributed by atoms with Crippen molar-refractivity contribution in [3.05, 3.63) is 47.3 Å². The largest absolute Gasteiger partial charge is 0.476 e. The average molecular weight is 258 g/mol. The summed E-state index contributed by atoms with van der Waals surface area (Å²) in [6.45, 7) is 1.58. The molecule has 0 amide bonds. The molecule has 1 aromatic heterocycles. The summed E-state index contributed by atoms with van der Waals surface area (Å²) < 4.78 is 5.25. The molecule has 2 heterocycles. The monoisotopic (exact) mass is 258 g/mol. The highest BCUT2D eigenvalue weighted by Crippen LogP contribution is 2.20. The zero-order valence-corrected chi connectivity index (χ0v) is 10.4. The van der Waals surface area contributed by atoms with Crippen LogP contribution in [0.15, 0.2) is 34.9 Å². The molecule has 0 unspecified atom stereocenters. The molecule has 1 aliphatic rings. The van der Waals surface area contributed by atoms with Gasteiger partial charge in [0.15, 0.2) is 5.69 Å². The molecule has 19 heavy (non-hydrogen) atoms. The molecule has 0 radical (unpaired) electrons. The molecule has 5 heteroatoms. The lowest BCUT2D eigenvalue weighted by Crippen LogP contribution is -2.26. The van der Waals surface area contributed by atoms with Crippen LogP contribution in [0.1, 0.15) is 21.6 Å². The summed E-state index contributed by atoms with van der Waals surface area (Å²) in [7, 11) is 0. The molecule has 5 nitrogen and oxygen atoms in total. The summed E-state index contributed by atoms with van der Waals surface area (Å²) in [5, 5.41) is 8.85. The SMILES string of the molecule is O=C(O)c1coc(N2CCc3ccccc3CC2)n1. The number of anilines is 1. The van der Waals surface area contributed by atoms with Crippen LogP contribution in [-0.2, 0) is 12.8 Å². The third kappa shape index (κ3) is 2.31. The van der Waals surface area contributed by atoms with Crippen molar-refractivity contribution < 1.29 is 14.3 Å². The van der Waals surface area contributed by atoms with Gasteiger partial charge in [-0.05, 0) is 24.0 Å². The van der Waals surface area contributed by atoms with Crippen LogP contribution in [0.5, 0.6) is 0 Å². The number of carbonyl (C=O) groups is 1. The zero-order valence-electron chi connectivity index (χ0n) is 10.4. The number of nitrogens with zero attached hydrogens (tertiary/aromatic N) is 2. The number of rotatable bonds is 2. The van der Waals surface area contributed by atoms with Gasteiger partial charge < -0.3 is 14.4 Å². The molecule has 0 saturated carbocycles. The van der Waals surface area contributed by atoms with Crippen molar-refractivity contribution >= 4 is 12.0 Å². The van der Waals surface area contributed by atoms with E-state index < -0.39 is 5.97 Å². The van der Waals surface area contributed by atoms with Crippen molar-refractivity contribution in [2.24, 2.45) is 0 Å². The number of oxazole rings is 1. The molecular formula is C14H14N2O3. The van der Waals surface area contributed by atoms with Gasteiger partial charge in [0.2, 0.25) is 0 Å². The van der Waals surface area contributed by atoms with Gasteiger partial charge in [0.25, 0.3) is 6.01 Å². The molecule has 0 fully saturated rings. The van der Waals surface area contributed by atoms with Crippen molar-refractivity contribution in [1.29, 1.82) is 0 Å². The van der Waals surface area contributed by atoms with Gasteiger partial charge >= 0.3 is 5.97 Å². The Kier molecular flexibility index (Phi) is 2.95. The standard InChI is InChI=1S/C14H14N2O3/c17-13(18)12-9-19-14(15-12)16-7-5-10-3-1-2-4-11(10)6-8-16/h1-4,9H,5-8H2,(H,17,18). The predicted octanol–water partition coefficient (Wildman–Crippen LogP) is 1.98. The number of aromatic carboxylic acids is 1. The first-order valence-corrected chi connectivity index (χ1v) is 6.24. The van der Waals surface area contributed by atoms with E-state index in [4.69, 9.17) is 9.52 Å². The molecule has 98 valence electrons. The van der Waals surface area contributed by atoms with Crippen LogP contribution in [0.2, 0.25) is 0 Å². The van der Waals surface area contributed by atoms with E-state index in [1.807, 2.05) is 17.0 Å². The molecule has 0 saturated heterocycles. The second-order valence-corrected chi connectivity index (χ2v) is 4.58. The molecule has 2 aromatic rings.